The van der Waals surface area contributed by atoms with Crippen molar-refractivity contribution in [3.8, 4) is 0 Å². The number of hydrogen-bond acceptors (Lipinski definition) is 4. The Kier molecular flexibility index (Phi) is 4.38. The third kappa shape index (κ3) is 3.91. The molecule has 0 saturated carbocycles. The van der Waals surface area contributed by atoms with E-state index in [1.807, 2.05) is 10.8 Å². The minimum atomic E-state index is -4.28. The molecule has 20 heavy (non-hydrogen) atoms. The third-order valence-corrected chi connectivity index (χ3v) is 3.74. The summed E-state index contributed by atoms with van der Waals surface area (Å²) in [5.41, 5.74) is 0.710. The molecule has 1 saturated heterocycles. The maximum atomic E-state index is 10.8. The average molecular weight is 322 g/mol. The Balaban J connectivity index is 2.23. The van der Waals surface area contributed by atoms with E-state index in [4.69, 9.17) is 25.6 Å². The maximum absolute atomic E-state index is 10.8. The summed E-state index contributed by atoms with van der Waals surface area (Å²) < 4.78 is 43.7. The molecule has 1 aliphatic heterocycles. The van der Waals surface area contributed by atoms with Gasteiger partial charge in [0.25, 0.3) is 0 Å². The van der Waals surface area contributed by atoms with Gasteiger partial charge in [-0.25, -0.2) is 0 Å². The number of nitrogens with one attached hydrogen (secondary N) is 1. The lowest BCUT2D eigenvalue weighted by molar-refractivity contribution is -0.146. The fourth-order valence-electron chi connectivity index (χ4n) is 2.14. The van der Waals surface area contributed by atoms with E-state index in [2.05, 4.69) is 0 Å². The van der Waals surface area contributed by atoms with Crippen molar-refractivity contribution in [1.82, 2.24) is 4.72 Å². The average Bonchev–Trinajstić information content (AvgIpc) is 2.62. The molecule has 8 heteroatoms. The van der Waals surface area contributed by atoms with E-state index in [1.54, 1.807) is 32.0 Å². The van der Waals surface area contributed by atoms with Gasteiger partial charge in [0.15, 0.2) is 5.79 Å². The lowest BCUT2D eigenvalue weighted by Crippen LogP contribution is -2.35. The van der Waals surface area contributed by atoms with Gasteiger partial charge >= 0.3 is 10.3 Å². The van der Waals surface area contributed by atoms with Crippen molar-refractivity contribution >= 4 is 21.9 Å². The summed E-state index contributed by atoms with van der Waals surface area (Å²) in [6.07, 6.45) is -1.11. The predicted molar refractivity (Wildman–Crippen MR) is 73.8 cm³/mol. The summed E-state index contributed by atoms with van der Waals surface area (Å²) in [4.78, 5) is 0. The SMILES string of the molecule is CC1(C)OC(CNS(=O)(=O)O)C(c2ccccc2Cl)O1. The van der Waals surface area contributed by atoms with Crippen LogP contribution in [-0.2, 0) is 19.8 Å². The van der Waals surface area contributed by atoms with E-state index in [-0.39, 0.29) is 6.54 Å². The van der Waals surface area contributed by atoms with Crippen LogP contribution in [0.15, 0.2) is 24.3 Å². The molecule has 1 aliphatic rings. The molecule has 1 aromatic rings. The fourth-order valence-corrected chi connectivity index (χ4v) is 2.76. The van der Waals surface area contributed by atoms with Crippen LogP contribution in [0.2, 0.25) is 5.02 Å². The highest BCUT2D eigenvalue weighted by atomic mass is 35.5. The van der Waals surface area contributed by atoms with Crippen LogP contribution in [0, 0.1) is 0 Å². The summed E-state index contributed by atoms with van der Waals surface area (Å²) in [7, 11) is -4.28. The molecular weight excluding hydrogens is 306 g/mol. The Hall–Kier alpha value is -0.700. The molecular formula is C12H16ClNO5S. The van der Waals surface area contributed by atoms with Gasteiger partial charge in [-0.2, -0.15) is 13.1 Å². The van der Waals surface area contributed by atoms with E-state index in [0.717, 1.165) is 0 Å². The number of hydrogen-bond donors (Lipinski definition) is 2. The molecule has 0 aromatic heterocycles. The van der Waals surface area contributed by atoms with Gasteiger partial charge in [0.1, 0.15) is 12.2 Å². The summed E-state index contributed by atoms with van der Waals surface area (Å²) in [6, 6.07) is 7.11. The molecule has 1 aromatic carbocycles. The molecule has 6 nitrogen and oxygen atoms in total. The van der Waals surface area contributed by atoms with Crippen LogP contribution in [0.3, 0.4) is 0 Å². The van der Waals surface area contributed by atoms with Crippen molar-refractivity contribution in [1.29, 1.82) is 0 Å². The summed E-state index contributed by atoms with van der Waals surface area (Å²) in [5.74, 6) is -0.866. The molecule has 0 spiro atoms. The molecule has 2 N–H and O–H groups in total. The highest BCUT2D eigenvalue weighted by Crippen LogP contribution is 2.40. The molecule has 2 atom stereocenters. The van der Waals surface area contributed by atoms with Gasteiger partial charge in [0.2, 0.25) is 0 Å². The largest absolute Gasteiger partial charge is 0.343 e. The first-order chi connectivity index (χ1) is 9.18. The van der Waals surface area contributed by atoms with Crippen LogP contribution in [0.25, 0.3) is 0 Å². The molecule has 0 bridgehead atoms. The first-order valence-electron chi connectivity index (χ1n) is 6.00. The molecule has 0 radical (unpaired) electrons. The van der Waals surface area contributed by atoms with E-state index >= 15 is 0 Å². The lowest BCUT2D eigenvalue weighted by Gasteiger charge is -2.18. The summed E-state index contributed by atoms with van der Waals surface area (Å²) in [6.45, 7) is 3.34. The third-order valence-electron chi connectivity index (χ3n) is 2.86. The van der Waals surface area contributed by atoms with Crippen molar-refractivity contribution in [2.24, 2.45) is 0 Å². The normalized spacial score (nSPS) is 25.8. The molecule has 2 unspecified atom stereocenters. The number of benzene rings is 1. The molecule has 1 heterocycles. The standard InChI is InChI=1S/C12H16ClNO5S/c1-12(2)18-10(7-14-20(15,16)17)11(19-12)8-5-3-4-6-9(8)13/h3-6,10-11,14H,7H2,1-2H3,(H,15,16,17). The fraction of sp³-hybridized carbons (Fsp3) is 0.500. The first-order valence-corrected chi connectivity index (χ1v) is 7.82. The molecule has 0 amide bonds. The van der Waals surface area contributed by atoms with Gasteiger partial charge in [-0.15, -0.1) is 0 Å². The van der Waals surface area contributed by atoms with E-state index in [0.29, 0.717) is 10.6 Å². The van der Waals surface area contributed by atoms with E-state index < -0.39 is 28.3 Å². The predicted octanol–water partition coefficient (Wildman–Crippen LogP) is 1.93. The Bertz CT molecular complexity index is 589. The summed E-state index contributed by atoms with van der Waals surface area (Å²) in [5, 5.41) is 0.510. The van der Waals surface area contributed by atoms with Gasteiger partial charge in [0.05, 0.1) is 0 Å². The zero-order valence-corrected chi connectivity index (χ0v) is 12.6. The highest BCUT2D eigenvalue weighted by molar-refractivity contribution is 7.83. The van der Waals surface area contributed by atoms with Crippen LogP contribution in [0.5, 0.6) is 0 Å². The van der Waals surface area contributed by atoms with Crippen LogP contribution in [-0.4, -0.2) is 31.4 Å². The number of rotatable bonds is 4. The van der Waals surface area contributed by atoms with Crippen LogP contribution >= 0.6 is 11.6 Å². The minimum Gasteiger partial charge on any atom is -0.343 e. The Labute approximate surface area is 122 Å². The number of ether oxygens (including phenoxy) is 2. The molecule has 112 valence electrons. The topological polar surface area (TPSA) is 84.9 Å². The van der Waals surface area contributed by atoms with E-state index in [9.17, 15) is 8.42 Å². The second-order valence-electron chi connectivity index (χ2n) is 4.94. The van der Waals surface area contributed by atoms with Crippen LogP contribution in [0.1, 0.15) is 25.5 Å². The van der Waals surface area contributed by atoms with Gasteiger partial charge in [0, 0.05) is 17.1 Å². The lowest BCUT2D eigenvalue weighted by atomic mass is 10.0. The van der Waals surface area contributed by atoms with Crippen molar-refractivity contribution in [3.05, 3.63) is 34.9 Å². The van der Waals surface area contributed by atoms with Crippen molar-refractivity contribution < 1.29 is 22.4 Å². The Morgan fingerprint density at radius 3 is 2.60 bits per heavy atom. The first kappa shape index (κ1) is 15.7. The second kappa shape index (κ2) is 5.59. The van der Waals surface area contributed by atoms with Crippen molar-refractivity contribution in [2.75, 3.05) is 6.54 Å². The second-order valence-corrected chi connectivity index (χ2v) is 6.59. The molecule has 2 rings (SSSR count). The molecule has 1 fully saturated rings. The minimum absolute atomic E-state index is 0.113. The van der Waals surface area contributed by atoms with Crippen LogP contribution < -0.4 is 4.72 Å². The monoisotopic (exact) mass is 321 g/mol. The zero-order valence-electron chi connectivity index (χ0n) is 11.0. The molecule has 0 aliphatic carbocycles. The smallest absolute Gasteiger partial charge is 0.333 e. The number of halogens is 1. The maximum Gasteiger partial charge on any atom is 0.333 e. The zero-order chi connectivity index (χ0) is 15.0. The Morgan fingerprint density at radius 2 is 2.00 bits per heavy atom. The van der Waals surface area contributed by atoms with Crippen molar-refractivity contribution in [3.63, 3.8) is 0 Å². The van der Waals surface area contributed by atoms with E-state index in [1.165, 1.54) is 0 Å². The van der Waals surface area contributed by atoms with Crippen molar-refractivity contribution in [2.45, 2.75) is 31.8 Å². The van der Waals surface area contributed by atoms with Gasteiger partial charge in [-0.1, -0.05) is 29.8 Å². The van der Waals surface area contributed by atoms with Gasteiger partial charge < -0.3 is 9.47 Å². The van der Waals surface area contributed by atoms with Crippen LogP contribution in [0.4, 0.5) is 0 Å². The Morgan fingerprint density at radius 1 is 1.35 bits per heavy atom. The summed E-state index contributed by atoms with van der Waals surface area (Å²) >= 11 is 6.13. The van der Waals surface area contributed by atoms with Gasteiger partial charge in [-0.3, -0.25) is 4.55 Å². The quantitative estimate of drug-likeness (QED) is 0.828. The van der Waals surface area contributed by atoms with Gasteiger partial charge in [-0.05, 0) is 19.9 Å². The highest BCUT2D eigenvalue weighted by Gasteiger charge is 2.42.